The second-order valence-electron chi connectivity index (χ2n) is 15.9. The third-order valence-electron chi connectivity index (χ3n) is 12.7. The third kappa shape index (κ3) is 6.09. The molecule has 0 radical (unpaired) electrons. The summed E-state index contributed by atoms with van der Waals surface area (Å²) in [5.74, 6) is -4.41. The quantitative estimate of drug-likeness (QED) is 0.0946. The van der Waals surface area contributed by atoms with Gasteiger partial charge in [-0.2, -0.15) is 10.2 Å². The lowest BCUT2D eigenvalue weighted by molar-refractivity contribution is -0.135. The van der Waals surface area contributed by atoms with E-state index in [1.54, 1.807) is 36.4 Å². The van der Waals surface area contributed by atoms with Gasteiger partial charge >= 0.3 is 0 Å². The van der Waals surface area contributed by atoms with Crippen molar-refractivity contribution in [1.29, 1.82) is 0 Å². The number of allylic oxidation sites excluding steroid dienone is 4. The summed E-state index contributed by atoms with van der Waals surface area (Å²) in [4.78, 5) is 62.9. The zero-order valence-corrected chi connectivity index (χ0v) is 32.9. The van der Waals surface area contributed by atoms with Crippen LogP contribution in [0.15, 0.2) is 155 Å². The zero-order valence-electron chi connectivity index (χ0n) is 32.9. The summed E-state index contributed by atoms with van der Waals surface area (Å²) in [6, 6.07) is 37.9. The Morgan fingerprint density at radius 1 is 0.763 bits per heavy atom. The normalized spacial score (nSPS) is 24.9. The number of rotatable bonds is 8. The number of hydrogen-bond donors (Lipinski definition) is 1. The minimum atomic E-state index is -1.42. The van der Waals surface area contributed by atoms with Gasteiger partial charge in [-0.3, -0.25) is 24.1 Å². The molecule has 1 N–H and O–H groups in total. The van der Waals surface area contributed by atoms with Gasteiger partial charge in [0.2, 0.25) is 11.8 Å². The number of fused-ring (bicyclic) bond motifs is 4. The number of carbonyl (C=O) groups is 4. The number of ketones is 2. The number of Topliss-reactive ketones (excluding diaryl/α,β-unsaturated/α-hetero) is 1. The summed E-state index contributed by atoms with van der Waals surface area (Å²) in [6.07, 6.45) is 3.95. The van der Waals surface area contributed by atoms with E-state index in [4.69, 9.17) is 4.74 Å². The van der Waals surface area contributed by atoms with Crippen molar-refractivity contribution in [3.05, 3.63) is 162 Å². The van der Waals surface area contributed by atoms with Crippen molar-refractivity contribution < 1.29 is 29.0 Å². The van der Waals surface area contributed by atoms with Crippen molar-refractivity contribution in [2.24, 2.45) is 33.9 Å². The Labute approximate surface area is 342 Å². The maximum atomic E-state index is 15.3. The molecule has 5 aromatic carbocycles. The molecule has 59 heavy (non-hydrogen) atoms. The van der Waals surface area contributed by atoms with Crippen molar-refractivity contribution in [2.45, 2.75) is 24.2 Å². The molecule has 2 fully saturated rings. The van der Waals surface area contributed by atoms with Gasteiger partial charge < -0.3 is 14.7 Å². The molecule has 4 aliphatic rings. The summed E-state index contributed by atoms with van der Waals surface area (Å²) in [5, 5.41) is 19.3. The molecule has 9 rings (SSSR count). The van der Waals surface area contributed by atoms with Gasteiger partial charge in [0, 0.05) is 48.8 Å². The fourth-order valence-corrected chi connectivity index (χ4v) is 10.0. The number of phenols is 1. The summed E-state index contributed by atoms with van der Waals surface area (Å²) >= 11 is 0. The summed E-state index contributed by atoms with van der Waals surface area (Å²) in [6.45, 7) is 0. The van der Waals surface area contributed by atoms with Crippen LogP contribution in [0, 0.1) is 23.7 Å². The largest absolute Gasteiger partial charge is 0.508 e. The van der Waals surface area contributed by atoms with E-state index in [9.17, 15) is 14.7 Å². The highest BCUT2D eigenvalue weighted by Crippen LogP contribution is 2.64. The van der Waals surface area contributed by atoms with Crippen molar-refractivity contribution in [2.75, 3.05) is 31.0 Å². The average Bonchev–Trinajstić information content (AvgIpc) is 3.52. The number of anilines is 2. The summed E-state index contributed by atoms with van der Waals surface area (Å²) in [7, 11) is 5.44. The van der Waals surface area contributed by atoms with Gasteiger partial charge in [-0.15, -0.1) is 0 Å². The number of carbonyl (C=O) groups excluding carboxylic acids is 4. The molecule has 1 heterocycles. The fraction of sp³-hybridized carbons (Fsp3) is 0.224. The van der Waals surface area contributed by atoms with Crippen LogP contribution in [0.25, 0.3) is 5.57 Å². The summed E-state index contributed by atoms with van der Waals surface area (Å²) < 4.78 is 5.89. The SMILES string of the molecule is COc1cc(O)ccc1C1C2=CCC3C(=O)N(c4ccc(N=Nc5ccc(N(C)C)cc5)cc4)C(=O)C3C2CC2C(=O)C(c3ccccc3)=CC(=O)C21c1ccccc1. The van der Waals surface area contributed by atoms with Crippen LogP contribution in [0.1, 0.15) is 35.4 Å². The van der Waals surface area contributed by atoms with Crippen LogP contribution in [0.2, 0.25) is 0 Å². The van der Waals surface area contributed by atoms with E-state index in [2.05, 4.69) is 10.2 Å². The molecule has 0 aromatic heterocycles. The Morgan fingerprint density at radius 3 is 2.05 bits per heavy atom. The molecule has 1 aliphatic heterocycles. The molecule has 10 nitrogen and oxygen atoms in total. The highest BCUT2D eigenvalue weighted by molar-refractivity contribution is 6.32. The first-order chi connectivity index (χ1) is 28.6. The molecule has 294 valence electrons. The molecule has 6 atom stereocenters. The van der Waals surface area contributed by atoms with Gasteiger partial charge in [0.25, 0.3) is 0 Å². The molecule has 2 amide bonds. The van der Waals surface area contributed by atoms with Crippen LogP contribution < -0.4 is 14.5 Å². The van der Waals surface area contributed by atoms with E-state index in [0.29, 0.717) is 45.1 Å². The monoisotopic (exact) mass is 782 g/mol. The Hall–Kier alpha value is -6.94. The first-order valence-electron chi connectivity index (χ1n) is 19.8. The second-order valence-corrected chi connectivity index (χ2v) is 15.9. The molecule has 0 bridgehead atoms. The second kappa shape index (κ2) is 14.8. The highest BCUT2D eigenvalue weighted by atomic mass is 16.5. The Kier molecular flexibility index (Phi) is 9.42. The van der Waals surface area contributed by atoms with Gasteiger partial charge in [0.05, 0.1) is 41.4 Å². The smallest absolute Gasteiger partial charge is 0.238 e. The molecule has 3 aliphatic carbocycles. The lowest BCUT2D eigenvalue weighted by atomic mass is 9.44. The minimum Gasteiger partial charge on any atom is -0.508 e. The zero-order chi connectivity index (χ0) is 41.0. The number of hydrogen-bond acceptors (Lipinski definition) is 9. The topological polar surface area (TPSA) is 129 Å². The number of ether oxygens (including phenoxy) is 1. The molecule has 1 saturated carbocycles. The molecular formula is C49H42N4O6. The van der Waals surface area contributed by atoms with Crippen LogP contribution in [-0.4, -0.2) is 49.7 Å². The number of methoxy groups -OCH3 is 1. The standard InChI is InChI=1S/C49H42N4O6/c1-52(2)33-18-14-31(15-19-33)50-51-32-16-20-34(21-17-32)53-47(57)38-25-24-36-40(44(38)48(53)58)27-41-46(56)39(29-10-6-4-7-11-29)28-43(55)49(41,30-12-8-5-9-13-30)45(36)37-23-22-35(54)26-42(37)59-3/h4-24,26,28,38,40-41,44-45,54H,25,27H2,1-3H3. The number of phenolic OH excluding ortho intramolecular Hbond substituents is 1. The molecular weight excluding hydrogens is 741 g/mol. The summed E-state index contributed by atoms with van der Waals surface area (Å²) in [5.41, 5.74) is 4.35. The van der Waals surface area contributed by atoms with Gasteiger partial charge in [-0.1, -0.05) is 78.4 Å². The molecule has 5 aromatic rings. The van der Waals surface area contributed by atoms with Crippen molar-refractivity contribution in [3.63, 3.8) is 0 Å². The number of imide groups is 1. The van der Waals surface area contributed by atoms with E-state index in [-0.39, 0.29) is 42.0 Å². The number of aromatic hydroxyl groups is 1. The molecule has 6 unspecified atom stereocenters. The van der Waals surface area contributed by atoms with E-state index in [1.165, 1.54) is 24.2 Å². The predicted molar refractivity (Wildman–Crippen MR) is 225 cm³/mol. The highest BCUT2D eigenvalue weighted by Gasteiger charge is 2.66. The van der Waals surface area contributed by atoms with Crippen LogP contribution >= 0.6 is 0 Å². The Morgan fingerprint density at radius 2 is 1.41 bits per heavy atom. The van der Waals surface area contributed by atoms with Crippen LogP contribution in [0.4, 0.5) is 22.7 Å². The van der Waals surface area contributed by atoms with Gasteiger partial charge in [0.15, 0.2) is 11.6 Å². The third-order valence-corrected chi connectivity index (χ3v) is 12.7. The van der Waals surface area contributed by atoms with Crippen LogP contribution in [0.3, 0.4) is 0 Å². The first-order valence-corrected chi connectivity index (χ1v) is 19.8. The van der Waals surface area contributed by atoms with Crippen molar-refractivity contribution in [3.8, 4) is 11.5 Å². The van der Waals surface area contributed by atoms with Crippen molar-refractivity contribution in [1.82, 2.24) is 0 Å². The number of benzene rings is 5. The maximum absolute atomic E-state index is 15.3. The Bertz CT molecular complexity index is 2580. The number of nitrogens with zero attached hydrogens (tertiary/aromatic N) is 4. The Balaban J connectivity index is 1.13. The molecule has 10 heteroatoms. The number of azo groups is 1. The van der Waals surface area contributed by atoms with E-state index < -0.39 is 35.0 Å². The van der Waals surface area contributed by atoms with E-state index in [1.807, 2.05) is 110 Å². The van der Waals surface area contributed by atoms with Gasteiger partial charge in [-0.05, 0) is 90.6 Å². The van der Waals surface area contributed by atoms with Crippen LogP contribution in [0.5, 0.6) is 11.5 Å². The molecule has 1 saturated heterocycles. The predicted octanol–water partition coefficient (Wildman–Crippen LogP) is 8.91. The minimum absolute atomic E-state index is 0.0170. The van der Waals surface area contributed by atoms with Gasteiger partial charge in [-0.25, -0.2) is 0 Å². The number of amides is 2. The van der Waals surface area contributed by atoms with E-state index in [0.717, 1.165) is 11.3 Å². The molecule has 0 spiro atoms. The van der Waals surface area contributed by atoms with Crippen molar-refractivity contribution >= 4 is 51.7 Å². The van der Waals surface area contributed by atoms with Crippen LogP contribution in [-0.2, 0) is 24.6 Å². The van der Waals surface area contributed by atoms with Gasteiger partial charge in [0.1, 0.15) is 11.5 Å². The lowest BCUT2D eigenvalue weighted by Crippen LogP contribution is -2.58. The maximum Gasteiger partial charge on any atom is 0.238 e. The lowest BCUT2D eigenvalue weighted by Gasteiger charge is -2.55. The van der Waals surface area contributed by atoms with E-state index >= 15 is 9.59 Å². The first kappa shape index (κ1) is 37.6. The average molecular weight is 783 g/mol. The fourth-order valence-electron chi connectivity index (χ4n) is 10.0.